The average Bonchev–Trinajstić information content (AvgIpc) is 3.05. The molecule has 25 heavy (non-hydrogen) atoms. The summed E-state index contributed by atoms with van der Waals surface area (Å²) in [6, 6.07) is 8.62. The zero-order chi connectivity index (χ0) is 18.6. The second-order valence-electron chi connectivity index (χ2n) is 4.52. The smallest absolute Gasteiger partial charge is 0.345 e. The van der Waals surface area contributed by atoms with Gasteiger partial charge in [-0.1, -0.05) is 0 Å². The summed E-state index contributed by atoms with van der Waals surface area (Å²) in [6.45, 7) is 0. The molecule has 0 unspecified atom stereocenters. The third kappa shape index (κ3) is 3.74. The van der Waals surface area contributed by atoms with Crippen molar-refractivity contribution < 1.29 is 17.6 Å². The highest BCUT2D eigenvalue weighted by Gasteiger charge is 2.33. The minimum absolute atomic E-state index is 0.0315. The standard InChI is InChI=1S/C15H6F4N6/c16-11-5-10(23-12(8-22)9(6-20)7-21)1-2-13(11)25-4-3-14(24-25)15(17,18)19/h1-5,23H. The number of nitrogens with zero attached hydrogens (tertiary/aromatic N) is 5. The number of benzene rings is 1. The molecule has 1 aromatic carbocycles. The van der Waals surface area contributed by atoms with Gasteiger partial charge in [0.1, 0.15) is 29.6 Å². The lowest BCUT2D eigenvalue weighted by Gasteiger charge is -2.08. The van der Waals surface area contributed by atoms with Crippen LogP contribution in [0.5, 0.6) is 0 Å². The van der Waals surface area contributed by atoms with Crippen LogP contribution < -0.4 is 5.32 Å². The van der Waals surface area contributed by atoms with Crippen LogP contribution in [0.25, 0.3) is 5.69 Å². The number of aromatic nitrogens is 2. The minimum Gasteiger partial charge on any atom is -0.345 e. The number of halogens is 4. The summed E-state index contributed by atoms with van der Waals surface area (Å²) in [4.78, 5) is 0. The van der Waals surface area contributed by atoms with Crippen LogP contribution in [0.15, 0.2) is 41.7 Å². The Bertz CT molecular complexity index is 950. The van der Waals surface area contributed by atoms with Crippen LogP contribution in [-0.2, 0) is 6.18 Å². The molecule has 0 aliphatic heterocycles. The highest BCUT2D eigenvalue weighted by atomic mass is 19.4. The number of alkyl halides is 3. The Labute approximate surface area is 138 Å². The minimum atomic E-state index is -4.65. The fraction of sp³-hybridized carbons (Fsp3) is 0.0667. The maximum Gasteiger partial charge on any atom is 0.435 e. The SMILES string of the molecule is N#CC(C#N)=C(C#N)Nc1ccc(-n2ccc(C(F)(F)F)n2)c(F)c1. The fourth-order valence-corrected chi connectivity index (χ4v) is 1.81. The molecule has 0 amide bonds. The molecule has 0 saturated carbocycles. The van der Waals surface area contributed by atoms with Gasteiger partial charge in [-0.15, -0.1) is 0 Å². The number of hydrogen-bond acceptors (Lipinski definition) is 5. The van der Waals surface area contributed by atoms with Crippen LogP contribution in [0.4, 0.5) is 23.2 Å². The van der Waals surface area contributed by atoms with Gasteiger partial charge in [-0.05, 0) is 24.3 Å². The maximum atomic E-state index is 14.1. The number of hydrogen-bond donors (Lipinski definition) is 1. The molecular weight excluding hydrogens is 340 g/mol. The highest BCUT2D eigenvalue weighted by Crippen LogP contribution is 2.28. The number of nitriles is 3. The Morgan fingerprint density at radius 3 is 2.24 bits per heavy atom. The number of allylic oxidation sites excluding steroid dienone is 2. The van der Waals surface area contributed by atoms with Crippen LogP contribution in [0, 0.1) is 39.8 Å². The van der Waals surface area contributed by atoms with E-state index in [0.29, 0.717) is 6.07 Å². The van der Waals surface area contributed by atoms with Gasteiger partial charge in [0.2, 0.25) is 0 Å². The lowest BCUT2D eigenvalue weighted by molar-refractivity contribution is -0.141. The Morgan fingerprint density at radius 2 is 1.76 bits per heavy atom. The topological polar surface area (TPSA) is 101 Å². The maximum absolute atomic E-state index is 14.1. The monoisotopic (exact) mass is 346 g/mol. The van der Waals surface area contributed by atoms with Crippen molar-refractivity contribution in [2.75, 3.05) is 5.32 Å². The van der Waals surface area contributed by atoms with Crippen LogP contribution in [0.3, 0.4) is 0 Å². The van der Waals surface area contributed by atoms with Gasteiger partial charge in [0.25, 0.3) is 0 Å². The summed E-state index contributed by atoms with van der Waals surface area (Å²) < 4.78 is 52.5. The van der Waals surface area contributed by atoms with Gasteiger partial charge in [0.05, 0.1) is 0 Å². The molecule has 0 fully saturated rings. The Morgan fingerprint density at radius 1 is 1.08 bits per heavy atom. The molecule has 0 radical (unpaired) electrons. The van der Waals surface area contributed by atoms with Gasteiger partial charge in [-0.3, -0.25) is 0 Å². The van der Waals surface area contributed by atoms with E-state index in [1.807, 2.05) is 0 Å². The number of anilines is 1. The van der Waals surface area contributed by atoms with Crippen LogP contribution in [-0.4, -0.2) is 9.78 Å². The Balaban J connectivity index is 2.35. The van der Waals surface area contributed by atoms with Crippen molar-refractivity contribution in [3.05, 3.63) is 53.2 Å². The number of nitrogens with one attached hydrogen (secondary N) is 1. The third-order valence-corrected chi connectivity index (χ3v) is 2.93. The molecule has 1 aromatic heterocycles. The first-order valence-corrected chi connectivity index (χ1v) is 6.44. The first-order valence-electron chi connectivity index (χ1n) is 6.44. The lowest BCUT2D eigenvalue weighted by Crippen LogP contribution is -2.08. The average molecular weight is 346 g/mol. The largest absolute Gasteiger partial charge is 0.435 e. The molecule has 6 nitrogen and oxygen atoms in total. The van der Waals surface area contributed by atoms with Crippen LogP contribution in [0.1, 0.15) is 5.69 Å². The Hall–Kier alpha value is -3.84. The van der Waals surface area contributed by atoms with E-state index in [9.17, 15) is 17.6 Å². The molecule has 124 valence electrons. The van der Waals surface area contributed by atoms with Gasteiger partial charge < -0.3 is 5.32 Å². The molecule has 1 N–H and O–H groups in total. The summed E-state index contributed by atoms with van der Waals surface area (Å²) in [5, 5.41) is 32.0. The van der Waals surface area contributed by atoms with Gasteiger partial charge >= 0.3 is 6.18 Å². The number of rotatable bonds is 3. The fourth-order valence-electron chi connectivity index (χ4n) is 1.81. The van der Waals surface area contributed by atoms with Gasteiger partial charge in [0.15, 0.2) is 17.1 Å². The van der Waals surface area contributed by atoms with E-state index < -0.39 is 23.3 Å². The molecule has 0 aliphatic carbocycles. The van der Waals surface area contributed by atoms with E-state index in [0.717, 1.165) is 23.0 Å². The first kappa shape index (κ1) is 17.5. The van der Waals surface area contributed by atoms with E-state index in [-0.39, 0.29) is 17.1 Å². The summed E-state index contributed by atoms with van der Waals surface area (Å²) >= 11 is 0. The van der Waals surface area contributed by atoms with E-state index >= 15 is 0 Å². The molecule has 0 aliphatic rings. The summed E-state index contributed by atoms with van der Waals surface area (Å²) in [6.07, 6.45) is -3.70. The summed E-state index contributed by atoms with van der Waals surface area (Å²) in [5.41, 5.74) is -2.26. The molecule has 0 saturated heterocycles. The molecule has 0 bridgehead atoms. The zero-order valence-corrected chi connectivity index (χ0v) is 12.1. The molecule has 10 heteroatoms. The molecule has 0 atom stereocenters. The molecule has 0 spiro atoms. The Kier molecular flexibility index (Phi) is 4.71. The lowest BCUT2D eigenvalue weighted by atomic mass is 10.2. The van der Waals surface area contributed by atoms with Crippen LogP contribution in [0.2, 0.25) is 0 Å². The predicted molar refractivity (Wildman–Crippen MR) is 76.0 cm³/mol. The van der Waals surface area contributed by atoms with Crippen molar-refractivity contribution >= 4 is 5.69 Å². The second kappa shape index (κ2) is 6.73. The van der Waals surface area contributed by atoms with E-state index in [1.54, 1.807) is 6.07 Å². The van der Waals surface area contributed by atoms with Crippen molar-refractivity contribution in [1.29, 1.82) is 15.8 Å². The predicted octanol–water partition coefficient (Wildman–Crippen LogP) is 3.27. The van der Waals surface area contributed by atoms with Crippen molar-refractivity contribution in [2.45, 2.75) is 6.18 Å². The van der Waals surface area contributed by atoms with Crippen LogP contribution >= 0.6 is 0 Å². The molecule has 1 heterocycles. The zero-order valence-electron chi connectivity index (χ0n) is 12.1. The van der Waals surface area contributed by atoms with Crippen molar-refractivity contribution in [1.82, 2.24) is 9.78 Å². The van der Waals surface area contributed by atoms with Gasteiger partial charge in [-0.25, -0.2) is 9.07 Å². The quantitative estimate of drug-likeness (QED) is 0.679. The van der Waals surface area contributed by atoms with E-state index in [2.05, 4.69) is 10.4 Å². The molecule has 2 aromatic rings. The summed E-state index contributed by atoms with van der Waals surface area (Å²) in [5.74, 6) is -0.922. The highest BCUT2D eigenvalue weighted by molar-refractivity contribution is 5.59. The first-order chi connectivity index (χ1) is 11.8. The second-order valence-corrected chi connectivity index (χ2v) is 4.52. The van der Waals surface area contributed by atoms with E-state index in [4.69, 9.17) is 15.8 Å². The normalized spacial score (nSPS) is 10.3. The summed E-state index contributed by atoms with van der Waals surface area (Å²) in [7, 11) is 0. The molecule has 2 rings (SSSR count). The van der Waals surface area contributed by atoms with Crippen molar-refractivity contribution in [3.8, 4) is 23.9 Å². The van der Waals surface area contributed by atoms with Crippen molar-refractivity contribution in [3.63, 3.8) is 0 Å². The molecular formula is C15H6F4N6. The van der Waals surface area contributed by atoms with Gasteiger partial charge in [-0.2, -0.15) is 34.1 Å². The van der Waals surface area contributed by atoms with Crippen molar-refractivity contribution in [2.24, 2.45) is 0 Å². The third-order valence-electron chi connectivity index (χ3n) is 2.93. The van der Waals surface area contributed by atoms with E-state index in [1.165, 1.54) is 18.2 Å². The van der Waals surface area contributed by atoms with Gasteiger partial charge in [0, 0.05) is 11.9 Å².